The number of hydrogen-bond donors (Lipinski definition) is 3. The average molecular weight is 307 g/mol. The van der Waals surface area contributed by atoms with Crippen molar-refractivity contribution in [2.24, 2.45) is 5.73 Å². The molecule has 0 aliphatic rings. The minimum absolute atomic E-state index is 0.0532. The van der Waals surface area contributed by atoms with Crippen LogP contribution in [0.5, 0.6) is 0 Å². The van der Waals surface area contributed by atoms with E-state index in [0.717, 1.165) is 4.31 Å². The molecule has 0 bridgehead atoms. The Kier molecular flexibility index (Phi) is 3.99. The number of imidazole rings is 1. The van der Waals surface area contributed by atoms with E-state index in [-0.39, 0.29) is 10.9 Å². The van der Waals surface area contributed by atoms with Gasteiger partial charge in [-0.2, -0.15) is 8.42 Å². The summed E-state index contributed by atoms with van der Waals surface area (Å²) in [5.74, 6) is 0.558. The summed E-state index contributed by atoms with van der Waals surface area (Å²) in [6, 6.07) is 6.42. The van der Waals surface area contributed by atoms with Crippen molar-refractivity contribution in [2.75, 3.05) is 11.4 Å². The topological polar surface area (TPSA) is 116 Å². The van der Waals surface area contributed by atoms with E-state index < -0.39 is 10.0 Å². The molecule has 0 saturated carbocycles. The predicted octanol–water partition coefficient (Wildman–Crippen LogP) is 1.08. The Morgan fingerprint density at radius 2 is 2.00 bits per heavy atom. The summed E-state index contributed by atoms with van der Waals surface area (Å²) < 4.78 is 26.1. The van der Waals surface area contributed by atoms with Crippen molar-refractivity contribution in [2.45, 2.75) is 18.4 Å². The van der Waals surface area contributed by atoms with Crippen LogP contribution >= 0.6 is 0 Å². The highest BCUT2D eigenvalue weighted by Crippen LogP contribution is 2.21. The van der Waals surface area contributed by atoms with Gasteiger partial charge in [-0.1, -0.05) is 6.92 Å². The molecule has 0 spiro atoms. The Balaban J connectivity index is 2.33. The molecule has 1 aromatic heterocycles. The molecule has 21 heavy (non-hydrogen) atoms. The number of nitrogens with zero attached hydrogens (tertiary/aromatic N) is 2. The molecule has 8 heteroatoms. The number of sulfonamides is 1. The van der Waals surface area contributed by atoms with Crippen LogP contribution in [0.2, 0.25) is 0 Å². The Morgan fingerprint density at radius 1 is 1.38 bits per heavy atom. The van der Waals surface area contributed by atoms with Gasteiger partial charge >= 0.3 is 0 Å². The first-order valence-electron chi connectivity index (χ1n) is 6.33. The summed E-state index contributed by atoms with van der Waals surface area (Å²) in [5.41, 5.74) is 6.39. The van der Waals surface area contributed by atoms with Crippen molar-refractivity contribution in [1.82, 2.24) is 9.97 Å². The fourth-order valence-corrected chi connectivity index (χ4v) is 2.92. The van der Waals surface area contributed by atoms with Gasteiger partial charge < -0.3 is 10.7 Å². The average Bonchev–Trinajstić information content (AvgIpc) is 2.96. The quantitative estimate of drug-likeness (QED) is 0.566. The molecule has 0 aliphatic heterocycles. The number of anilines is 1. The first kappa shape index (κ1) is 15.0. The lowest BCUT2D eigenvalue weighted by molar-refractivity contribution is 0.591. The lowest BCUT2D eigenvalue weighted by atomic mass is 10.2. The highest BCUT2D eigenvalue weighted by Gasteiger charge is 2.23. The number of hydrogen-bond acceptors (Lipinski definition) is 4. The van der Waals surface area contributed by atoms with Crippen LogP contribution in [0.25, 0.3) is 0 Å². The van der Waals surface area contributed by atoms with Crippen LogP contribution in [0.3, 0.4) is 0 Å². The second-order valence-electron chi connectivity index (χ2n) is 4.48. The molecule has 0 fully saturated rings. The van der Waals surface area contributed by atoms with Gasteiger partial charge in [0.2, 0.25) is 0 Å². The van der Waals surface area contributed by atoms with Gasteiger partial charge in [0, 0.05) is 19.0 Å². The number of amidine groups is 1. The Labute approximate surface area is 123 Å². The number of aromatic amines is 1. The van der Waals surface area contributed by atoms with Crippen LogP contribution in [0.4, 0.5) is 5.69 Å². The molecule has 7 nitrogen and oxygen atoms in total. The molecule has 0 atom stereocenters. The fraction of sp³-hybridized carbons (Fsp3) is 0.231. The molecule has 0 unspecified atom stereocenters. The van der Waals surface area contributed by atoms with E-state index in [1.54, 1.807) is 24.3 Å². The normalized spacial score (nSPS) is 11.3. The van der Waals surface area contributed by atoms with E-state index in [9.17, 15) is 8.42 Å². The molecule has 0 amide bonds. The third-order valence-corrected chi connectivity index (χ3v) is 4.82. The smallest absolute Gasteiger partial charge is 0.281 e. The van der Waals surface area contributed by atoms with Crippen LogP contribution in [-0.4, -0.2) is 31.3 Å². The Morgan fingerprint density at radius 3 is 2.48 bits per heavy atom. The number of aryl methyl sites for hydroxylation is 1. The van der Waals surface area contributed by atoms with Crippen molar-refractivity contribution in [3.05, 3.63) is 41.9 Å². The minimum atomic E-state index is -3.68. The van der Waals surface area contributed by atoms with E-state index in [2.05, 4.69) is 9.97 Å². The number of nitrogen functional groups attached to an aromatic ring is 1. The van der Waals surface area contributed by atoms with Crippen LogP contribution in [-0.2, 0) is 16.4 Å². The molecule has 0 saturated heterocycles. The molecular formula is C13H17N5O2S. The lowest BCUT2D eigenvalue weighted by Gasteiger charge is -2.18. The van der Waals surface area contributed by atoms with Gasteiger partial charge in [0.15, 0.2) is 5.03 Å². The van der Waals surface area contributed by atoms with Gasteiger partial charge in [0.25, 0.3) is 10.0 Å². The molecule has 0 aliphatic carbocycles. The summed E-state index contributed by atoms with van der Waals surface area (Å²) >= 11 is 0. The molecule has 0 radical (unpaired) electrons. The van der Waals surface area contributed by atoms with E-state index in [0.29, 0.717) is 23.5 Å². The first-order valence-corrected chi connectivity index (χ1v) is 7.77. The minimum Gasteiger partial charge on any atom is -0.384 e. The lowest BCUT2D eigenvalue weighted by Crippen LogP contribution is -2.27. The third-order valence-electron chi connectivity index (χ3n) is 3.12. The second kappa shape index (κ2) is 5.57. The van der Waals surface area contributed by atoms with E-state index in [4.69, 9.17) is 11.1 Å². The monoisotopic (exact) mass is 307 g/mol. The third kappa shape index (κ3) is 2.89. The van der Waals surface area contributed by atoms with E-state index >= 15 is 0 Å². The maximum Gasteiger partial charge on any atom is 0.281 e. The Bertz CT molecular complexity index is 749. The molecular weight excluding hydrogens is 290 g/mol. The number of H-pyrrole nitrogens is 1. The van der Waals surface area contributed by atoms with Crippen molar-refractivity contribution in [3.63, 3.8) is 0 Å². The summed E-state index contributed by atoms with van der Waals surface area (Å²) in [5, 5.41) is 7.38. The van der Waals surface area contributed by atoms with Crippen molar-refractivity contribution in [3.8, 4) is 0 Å². The van der Waals surface area contributed by atoms with Gasteiger partial charge in [0.05, 0.1) is 11.9 Å². The maximum atomic E-state index is 12.5. The first-order chi connectivity index (χ1) is 9.86. The zero-order valence-electron chi connectivity index (χ0n) is 11.8. The summed E-state index contributed by atoms with van der Waals surface area (Å²) in [6.45, 7) is 1.89. The molecule has 112 valence electrons. The zero-order valence-corrected chi connectivity index (χ0v) is 12.6. The number of rotatable bonds is 5. The highest BCUT2D eigenvalue weighted by molar-refractivity contribution is 7.92. The van der Waals surface area contributed by atoms with Crippen LogP contribution in [0, 0.1) is 5.41 Å². The number of aromatic nitrogens is 2. The standard InChI is InChI=1S/C13H17N5O2S/c1-3-11-16-8-12(17-11)21(19,20)18(2)10-6-4-9(5-7-10)13(14)15/h4-8H,3H2,1-2H3,(H3,14,15)(H,16,17). The van der Waals surface area contributed by atoms with Crippen LogP contribution < -0.4 is 10.0 Å². The van der Waals surface area contributed by atoms with Crippen LogP contribution in [0.1, 0.15) is 18.3 Å². The zero-order chi connectivity index (χ0) is 15.6. The predicted molar refractivity (Wildman–Crippen MR) is 81.0 cm³/mol. The van der Waals surface area contributed by atoms with Gasteiger partial charge in [0.1, 0.15) is 11.7 Å². The molecule has 2 aromatic rings. The van der Waals surface area contributed by atoms with Gasteiger partial charge in [-0.3, -0.25) is 9.71 Å². The Hall–Kier alpha value is -2.35. The second-order valence-corrected chi connectivity index (χ2v) is 6.42. The molecule has 1 heterocycles. The summed E-state index contributed by atoms with van der Waals surface area (Å²) in [4.78, 5) is 6.80. The largest absolute Gasteiger partial charge is 0.384 e. The van der Waals surface area contributed by atoms with E-state index in [1.165, 1.54) is 13.2 Å². The van der Waals surface area contributed by atoms with Crippen LogP contribution in [0.15, 0.2) is 35.5 Å². The molecule has 1 aromatic carbocycles. The number of nitrogens with one attached hydrogen (secondary N) is 2. The van der Waals surface area contributed by atoms with Crippen molar-refractivity contribution in [1.29, 1.82) is 5.41 Å². The summed E-state index contributed by atoms with van der Waals surface area (Å²) in [6.07, 6.45) is 1.95. The summed E-state index contributed by atoms with van der Waals surface area (Å²) in [7, 11) is -2.22. The number of benzene rings is 1. The van der Waals surface area contributed by atoms with Crippen molar-refractivity contribution >= 4 is 21.5 Å². The van der Waals surface area contributed by atoms with Gasteiger partial charge in [-0.15, -0.1) is 0 Å². The highest BCUT2D eigenvalue weighted by atomic mass is 32.2. The molecule has 4 N–H and O–H groups in total. The number of nitrogens with two attached hydrogens (primary N) is 1. The maximum absolute atomic E-state index is 12.5. The fourth-order valence-electron chi connectivity index (χ4n) is 1.79. The van der Waals surface area contributed by atoms with Gasteiger partial charge in [-0.05, 0) is 24.3 Å². The van der Waals surface area contributed by atoms with E-state index in [1.807, 2.05) is 6.92 Å². The SMILES string of the molecule is CCc1ncc(S(=O)(=O)N(C)c2ccc(C(=N)N)cc2)[nH]1. The molecule has 2 rings (SSSR count). The van der Waals surface area contributed by atoms with Crippen molar-refractivity contribution < 1.29 is 8.42 Å². The van der Waals surface area contributed by atoms with Gasteiger partial charge in [-0.25, -0.2) is 4.98 Å².